The molecule has 382 valence electrons. The number of Topliss-reactive ketones (excluding diaryl/α,β-unsaturated/α-hetero) is 1. The lowest BCUT2D eigenvalue weighted by molar-refractivity contribution is -0.366. The van der Waals surface area contributed by atoms with Crippen LogP contribution in [0.1, 0.15) is 109 Å². The molecule has 2 aliphatic heterocycles. The summed E-state index contributed by atoms with van der Waals surface area (Å²) in [6.45, 7) is 9.29. The van der Waals surface area contributed by atoms with Crippen molar-refractivity contribution in [2.75, 3.05) is 13.2 Å². The Hall–Kier alpha value is -5.12. The minimum Gasteiger partial charge on any atom is -0.456 e. The number of carbonyl (C=O) groups is 6. The Labute approximate surface area is 405 Å². The number of ketones is 1. The highest BCUT2D eigenvalue weighted by atomic mass is 16.7. The van der Waals surface area contributed by atoms with Gasteiger partial charge in [-0.1, -0.05) is 82.1 Å². The highest BCUT2D eigenvalue weighted by Crippen LogP contribution is 2.65. The number of hydrogen-bond acceptors (Lipinski definition) is 18. The van der Waals surface area contributed by atoms with Gasteiger partial charge in [0.2, 0.25) is 5.91 Å². The van der Waals surface area contributed by atoms with E-state index in [1.165, 1.54) is 39.8 Å². The third kappa shape index (κ3) is 9.42. The fraction of sp³-hybridized carbons (Fsp3) is 0.608. The van der Waals surface area contributed by atoms with Crippen molar-refractivity contribution in [1.29, 1.82) is 0 Å². The van der Waals surface area contributed by atoms with Gasteiger partial charge >= 0.3 is 23.9 Å². The molecule has 2 saturated heterocycles. The number of aliphatic hydroxyl groups is 5. The summed E-state index contributed by atoms with van der Waals surface area (Å²) in [6.07, 6.45) is -15.4. The SMILES string of the molecule is CCCCCC(=O)NC(c1ccccc1)[C@@H](O)C(=O)O[C@H]1C[C@@]2(O)[C@@H](OC(=O)c3ccccc3)[C@@H]3[C@]4(OC(C)=O)CO[C@@H]4C[C@H](OC4OC[C@H](O)[C@@H](O)[C@@H]4O)[C@@]3(C)C(=O)[C@H](OC(C)=O)C(=C1C)C2(C)C. The van der Waals surface area contributed by atoms with Crippen LogP contribution in [0, 0.1) is 16.7 Å². The molecule has 19 nitrogen and oxygen atoms in total. The van der Waals surface area contributed by atoms with E-state index >= 15 is 4.79 Å². The van der Waals surface area contributed by atoms with Crippen LogP contribution in [-0.4, -0.2) is 147 Å². The molecule has 70 heavy (non-hydrogen) atoms. The molecule has 4 fully saturated rings. The molecule has 19 heteroatoms. The largest absolute Gasteiger partial charge is 0.456 e. The zero-order valence-electron chi connectivity index (χ0n) is 40.4. The molecular formula is C51H65NO18. The van der Waals surface area contributed by atoms with Gasteiger partial charge in [-0.25, -0.2) is 9.59 Å². The van der Waals surface area contributed by atoms with Crippen LogP contribution in [0.4, 0.5) is 0 Å². The van der Waals surface area contributed by atoms with Crippen LogP contribution in [0.2, 0.25) is 0 Å². The quantitative estimate of drug-likeness (QED) is 0.0647. The number of esters is 4. The Morgan fingerprint density at radius 3 is 2.13 bits per heavy atom. The normalized spacial score (nSPS) is 35.2. The minimum atomic E-state index is -2.49. The van der Waals surface area contributed by atoms with Crippen LogP contribution in [0.25, 0.3) is 0 Å². The number of rotatable bonds is 15. The van der Waals surface area contributed by atoms with Crippen molar-refractivity contribution in [3.63, 3.8) is 0 Å². The van der Waals surface area contributed by atoms with E-state index in [1.807, 2.05) is 6.92 Å². The predicted molar refractivity (Wildman–Crippen MR) is 243 cm³/mol. The molecule has 5 aliphatic rings. The van der Waals surface area contributed by atoms with Crippen molar-refractivity contribution in [3.05, 3.63) is 82.9 Å². The number of benzene rings is 2. The molecule has 2 aromatic carbocycles. The van der Waals surface area contributed by atoms with Gasteiger partial charge < -0.3 is 64.0 Å². The smallest absolute Gasteiger partial charge is 0.338 e. The van der Waals surface area contributed by atoms with E-state index in [0.717, 1.165) is 26.7 Å². The van der Waals surface area contributed by atoms with Crippen LogP contribution in [0.3, 0.4) is 0 Å². The summed E-state index contributed by atoms with van der Waals surface area (Å²) in [5.41, 5.74) is -7.84. The van der Waals surface area contributed by atoms with Crippen molar-refractivity contribution in [1.82, 2.24) is 5.32 Å². The second kappa shape index (κ2) is 20.5. The summed E-state index contributed by atoms with van der Waals surface area (Å²) >= 11 is 0. The molecule has 0 aromatic heterocycles. The van der Waals surface area contributed by atoms with Crippen LogP contribution < -0.4 is 5.32 Å². The second-order valence-electron chi connectivity index (χ2n) is 19.9. The molecule has 1 amide bonds. The zero-order chi connectivity index (χ0) is 51.1. The van der Waals surface area contributed by atoms with E-state index in [4.69, 9.17) is 33.2 Å². The Morgan fingerprint density at radius 1 is 0.871 bits per heavy atom. The number of nitrogens with one attached hydrogen (secondary N) is 1. The van der Waals surface area contributed by atoms with E-state index in [2.05, 4.69) is 5.32 Å². The highest BCUT2D eigenvalue weighted by Gasteiger charge is 2.79. The molecule has 6 N–H and O–H groups in total. The zero-order valence-corrected chi connectivity index (χ0v) is 40.4. The monoisotopic (exact) mass is 979 g/mol. The Bertz CT molecular complexity index is 2320. The molecule has 0 radical (unpaired) electrons. The summed E-state index contributed by atoms with van der Waals surface area (Å²) in [5, 5.41) is 60.7. The average Bonchev–Trinajstić information content (AvgIpc) is 3.31. The van der Waals surface area contributed by atoms with E-state index in [0.29, 0.717) is 12.0 Å². The lowest BCUT2D eigenvalue weighted by Crippen LogP contribution is -2.82. The molecule has 7 rings (SSSR count). The maximum Gasteiger partial charge on any atom is 0.338 e. The maximum absolute atomic E-state index is 16.2. The molecule has 0 spiro atoms. The van der Waals surface area contributed by atoms with E-state index in [9.17, 15) is 49.5 Å². The van der Waals surface area contributed by atoms with Gasteiger partial charge in [0.1, 0.15) is 42.2 Å². The molecule has 2 saturated carbocycles. The van der Waals surface area contributed by atoms with E-state index in [-0.39, 0.29) is 29.6 Å². The van der Waals surface area contributed by atoms with Crippen molar-refractivity contribution in [3.8, 4) is 0 Å². The molecule has 15 atom stereocenters. The van der Waals surface area contributed by atoms with Crippen molar-refractivity contribution in [2.24, 2.45) is 16.7 Å². The first-order chi connectivity index (χ1) is 33.0. The van der Waals surface area contributed by atoms with Gasteiger partial charge in [-0.3, -0.25) is 19.2 Å². The maximum atomic E-state index is 16.2. The second-order valence-corrected chi connectivity index (χ2v) is 19.9. The standard InChI is InChI=1S/C51H65NO18/c1-8-9-12-21-35(56)52-37(29-17-13-10-14-18-29)39(58)46(62)67-32-23-51(63)44(69-45(61)30-19-15-11-16-20-30)42-49(7,43(60)41(66-27(3)53)36(26(32)2)48(51,5)6)33(22-34-50(42,25-65-34)70-28(4)54)68-47-40(59)38(57)31(55)24-64-47/h10-11,13-20,31-34,37-42,44,47,55,57-59,63H,8-9,12,21-25H2,1-7H3,(H,52,56)/t31-,32-,33-,34+,37?,38+,39+,40-,41+,42-,44-,47?,49+,50-,51+/m0/s1. The van der Waals surface area contributed by atoms with Gasteiger partial charge in [0, 0.05) is 38.5 Å². The summed E-state index contributed by atoms with van der Waals surface area (Å²) in [7, 11) is 0. The number of amides is 1. The summed E-state index contributed by atoms with van der Waals surface area (Å²) in [4.78, 5) is 85.1. The summed E-state index contributed by atoms with van der Waals surface area (Å²) in [6, 6.07) is 14.7. The van der Waals surface area contributed by atoms with Crippen molar-refractivity contribution in [2.45, 2.75) is 165 Å². The third-order valence-electron chi connectivity index (χ3n) is 15.2. The van der Waals surface area contributed by atoms with Gasteiger partial charge in [0.25, 0.3) is 0 Å². The van der Waals surface area contributed by atoms with Gasteiger partial charge in [-0.05, 0) is 49.1 Å². The molecule has 3 aliphatic carbocycles. The molecule has 2 aromatic rings. The Balaban J connectivity index is 1.42. The van der Waals surface area contributed by atoms with Crippen molar-refractivity contribution < 1.29 is 87.5 Å². The van der Waals surface area contributed by atoms with Crippen LogP contribution in [0.15, 0.2) is 71.8 Å². The number of aliphatic hydroxyl groups excluding tert-OH is 4. The summed E-state index contributed by atoms with van der Waals surface area (Å²) < 4.78 is 43.1. The van der Waals surface area contributed by atoms with Crippen molar-refractivity contribution >= 4 is 35.6 Å². The topological polar surface area (TPSA) is 280 Å². The van der Waals surface area contributed by atoms with E-state index in [1.54, 1.807) is 48.5 Å². The van der Waals surface area contributed by atoms with Crippen LogP contribution in [0.5, 0.6) is 0 Å². The van der Waals surface area contributed by atoms with Crippen LogP contribution in [-0.2, 0) is 57.1 Å². The van der Waals surface area contributed by atoms with Gasteiger partial charge in [-0.15, -0.1) is 0 Å². The lowest BCUT2D eigenvalue weighted by Gasteiger charge is -2.68. The first-order valence-electron chi connectivity index (χ1n) is 23.8. The van der Waals surface area contributed by atoms with E-state index < -0.39 is 150 Å². The number of hydrogen-bond donors (Lipinski definition) is 6. The third-order valence-corrected chi connectivity index (χ3v) is 15.2. The Kier molecular flexibility index (Phi) is 15.5. The number of fused-ring (bicyclic) bond motifs is 5. The van der Waals surface area contributed by atoms with Gasteiger partial charge in [-0.2, -0.15) is 0 Å². The van der Waals surface area contributed by atoms with Crippen LogP contribution >= 0.6 is 0 Å². The molecule has 2 heterocycles. The minimum absolute atomic E-state index is 0.0205. The number of ether oxygens (including phenoxy) is 7. The van der Waals surface area contributed by atoms with Gasteiger partial charge in [0.05, 0.1) is 42.3 Å². The fourth-order valence-electron chi connectivity index (χ4n) is 11.4. The summed E-state index contributed by atoms with van der Waals surface area (Å²) in [5.74, 6) is -7.02. The molecule has 2 bridgehead atoms. The number of carbonyl (C=O) groups excluding carboxylic acids is 6. The molecule has 2 unspecified atom stereocenters. The predicted octanol–water partition coefficient (Wildman–Crippen LogP) is 2.47. The van der Waals surface area contributed by atoms with Gasteiger partial charge in [0.15, 0.2) is 29.9 Å². The molecular weight excluding hydrogens is 915 g/mol. The first kappa shape index (κ1) is 52.7. The average molecular weight is 980 g/mol. The fourth-order valence-corrected chi connectivity index (χ4v) is 11.4. The first-order valence-corrected chi connectivity index (χ1v) is 23.8. The lowest BCUT2D eigenvalue weighted by atomic mass is 9.44. The highest BCUT2D eigenvalue weighted by molar-refractivity contribution is 5.95. The number of unbranched alkanes of at least 4 members (excludes halogenated alkanes) is 2. The Morgan fingerprint density at radius 2 is 1.53 bits per heavy atom.